The molecule has 0 saturated heterocycles. The van der Waals surface area contributed by atoms with Gasteiger partial charge in [0.2, 0.25) is 0 Å². The van der Waals surface area contributed by atoms with Gasteiger partial charge in [-0.2, -0.15) is 0 Å². The van der Waals surface area contributed by atoms with E-state index in [1.807, 2.05) is 0 Å². The standard InChI is InChI=1S/C11H16N2/c1-7-4-10-11(5-8(7)2)13-9(3)6-12-10/h4-5,9,12-13H,6H2,1-3H3/t9-/m0/s1. The molecule has 1 aliphatic heterocycles. The van der Waals surface area contributed by atoms with Crippen molar-refractivity contribution in [3.8, 4) is 0 Å². The van der Waals surface area contributed by atoms with Gasteiger partial charge < -0.3 is 10.6 Å². The molecular formula is C11H16N2. The average Bonchev–Trinajstić information content (AvgIpc) is 2.08. The van der Waals surface area contributed by atoms with E-state index < -0.39 is 0 Å². The first-order chi connectivity index (χ1) is 6.16. The Kier molecular flexibility index (Phi) is 1.91. The fourth-order valence-corrected chi connectivity index (χ4v) is 1.66. The van der Waals surface area contributed by atoms with Crippen LogP contribution in [-0.4, -0.2) is 12.6 Å². The molecule has 1 atom stereocenters. The first-order valence-corrected chi connectivity index (χ1v) is 4.78. The summed E-state index contributed by atoms with van der Waals surface area (Å²) in [7, 11) is 0. The summed E-state index contributed by atoms with van der Waals surface area (Å²) in [6, 6.07) is 4.95. The highest BCUT2D eigenvalue weighted by molar-refractivity contribution is 5.73. The quantitative estimate of drug-likeness (QED) is 0.634. The fraction of sp³-hybridized carbons (Fsp3) is 0.455. The van der Waals surface area contributed by atoms with Gasteiger partial charge in [-0.15, -0.1) is 0 Å². The van der Waals surface area contributed by atoms with E-state index in [0.29, 0.717) is 6.04 Å². The molecule has 2 nitrogen and oxygen atoms in total. The number of anilines is 2. The van der Waals surface area contributed by atoms with Crippen molar-refractivity contribution in [1.82, 2.24) is 0 Å². The van der Waals surface area contributed by atoms with Crippen molar-refractivity contribution in [2.75, 3.05) is 17.2 Å². The van der Waals surface area contributed by atoms with E-state index in [1.54, 1.807) is 0 Å². The Morgan fingerprint density at radius 2 is 1.77 bits per heavy atom. The smallest absolute Gasteiger partial charge is 0.0581 e. The lowest BCUT2D eigenvalue weighted by atomic mass is 10.1. The van der Waals surface area contributed by atoms with Crippen LogP contribution in [0, 0.1) is 13.8 Å². The Bertz CT molecular complexity index is 331. The molecule has 70 valence electrons. The number of hydrogen-bond donors (Lipinski definition) is 2. The fourth-order valence-electron chi connectivity index (χ4n) is 1.66. The molecule has 0 bridgehead atoms. The Morgan fingerprint density at radius 3 is 2.46 bits per heavy atom. The molecule has 13 heavy (non-hydrogen) atoms. The number of nitrogens with one attached hydrogen (secondary N) is 2. The van der Waals surface area contributed by atoms with Gasteiger partial charge in [-0.05, 0) is 44.0 Å². The van der Waals surface area contributed by atoms with Gasteiger partial charge in [0.25, 0.3) is 0 Å². The van der Waals surface area contributed by atoms with E-state index in [1.165, 1.54) is 22.5 Å². The normalized spacial score (nSPS) is 20.1. The zero-order valence-electron chi connectivity index (χ0n) is 8.44. The summed E-state index contributed by atoms with van der Waals surface area (Å²) in [6.45, 7) is 7.49. The van der Waals surface area contributed by atoms with E-state index in [4.69, 9.17) is 0 Å². The monoisotopic (exact) mass is 176 g/mol. The predicted octanol–water partition coefficient (Wildman–Crippen LogP) is 2.53. The van der Waals surface area contributed by atoms with Crippen LogP contribution < -0.4 is 10.6 Å². The minimum absolute atomic E-state index is 0.523. The predicted molar refractivity (Wildman–Crippen MR) is 57.5 cm³/mol. The molecule has 0 spiro atoms. The Labute approximate surface area is 79.4 Å². The molecule has 2 heteroatoms. The molecule has 1 aromatic rings. The van der Waals surface area contributed by atoms with Crippen molar-refractivity contribution in [3.05, 3.63) is 23.3 Å². The van der Waals surface area contributed by atoms with Crippen molar-refractivity contribution >= 4 is 11.4 Å². The lowest BCUT2D eigenvalue weighted by Gasteiger charge is -2.26. The topological polar surface area (TPSA) is 24.1 Å². The SMILES string of the molecule is Cc1cc2c(cc1C)N[C@@H](C)CN2. The Morgan fingerprint density at radius 1 is 1.15 bits per heavy atom. The molecule has 1 aromatic carbocycles. The summed E-state index contributed by atoms with van der Waals surface area (Å²) >= 11 is 0. The zero-order valence-corrected chi connectivity index (χ0v) is 8.44. The second kappa shape index (κ2) is 2.95. The van der Waals surface area contributed by atoms with E-state index in [0.717, 1.165) is 6.54 Å². The van der Waals surface area contributed by atoms with Gasteiger partial charge in [0, 0.05) is 12.6 Å². The minimum Gasteiger partial charge on any atom is -0.381 e. The summed E-state index contributed by atoms with van der Waals surface area (Å²) in [5.74, 6) is 0. The van der Waals surface area contributed by atoms with Crippen LogP contribution in [0.2, 0.25) is 0 Å². The van der Waals surface area contributed by atoms with Crippen LogP contribution in [-0.2, 0) is 0 Å². The van der Waals surface area contributed by atoms with Gasteiger partial charge >= 0.3 is 0 Å². The molecule has 0 amide bonds. The number of aryl methyl sites for hydroxylation is 2. The van der Waals surface area contributed by atoms with Gasteiger partial charge in [0.15, 0.2) is 0 Å². The maximum absolute atomic E-state index is 3.47. The zero-order chi connectivity index (χ0) is 9.42. The highest BCUT2D eigenvalue weighted by Gasteiger charge is 2.13. The largest absolute Gasteiger partial charge is 0.381 e. The molecule has 2 rings (SSSR count). The number of benzene rings is 1. The average molecular weight is 176 g/mol. The van der Waals surface area contributed by atoms with Gasteiger partial charge in [0.1, 0.15) is 0 Å². The number of rotatable bonds is 0. The molecule has 0 fully saturated rings. The van der Waals surface area contributed by atoms with Crippen molar-refractivity contribution < 1.29 is 0 Å². The molecule has 1 heterocycles. The highest BCUT2D eigenvalue weighted by atomic mass is 15.1. The maximum Gasteiger partial charge on any atom is 0.0581 e. The summed E-state index contributed by atoms with van der Waals surface area (Å²) in [6.07, 6.45) is 0. The third-order valence-electron chi connectivity index (χ3n) is 2.63. The maximum atomic E-state index is 3.47. The highest BCUT2D eigenvalue weighted by Crippen LogP contribution is 2.28. The van der Waals surface area contributed by atoms with Crippen LogP contribution in [0.25, 0.3) is 0 Å². The molecule has 0 saturated carbocycles. The van der Waals surface area contributed by atoms with E-state index in [9.17, 15) is 0 Å². The van der Waals surface area contributed by atoms with Crippen molar-refractivity contribution in [1.29, 1.82) is 0 Å². The Hall–Kier alpha value is -1.18. The molecular weight excluding hydrogens is 160 g/mol. The van der Waals surface area contributed by atoms with Gasteiger partial charge in [-0.1, -0.05) is 0 Å². The molecule has 2 N–H and O–H groups in total. The van der Waals surface area contributed by atoms with E-state index >= 15 is 0 Å². The van der Waals surface area contributed by atoms with Crippen LogP contribution in [0.3, 0.4) is 0 Å². The summed E-state index contributed by atoms with van der Waals surface area (Å²) in [5, 5.41) is 6.88. The molecule has 0 aromatic heterocycles. The van der Waals surface area contributed by atoms with Crippen LogP contribution in [0.15, 0.2) is 12.1 Å². The third-order valence-corrected chi connectivity index (χ3v) is 2.63. The van der Waals surface area contributed by atoms with Crippen LogP contribution in [0.4, 0.5) is 11.4 Å². The molecule has 0 radical (unpaired) electrons. The van der Waals surface area contributed by atoms with Gasteiger partial charge in [-0.3, -0.25) is 0 Å². The van der Waals surface area contributed by atoms with E-state index in [-0.39, 0.29) is 0 Å². The van der Waals surface area contributed by atoms with Crippen LogP contribution >= 0.6 is 0 Å². The Balaban J connectivity index is 2.43. The van der Waals surface area contributed by atoms with Crippen molar-refractivity contribution in [3.63, 3.8) is 0 Å². The summed E-state index contributed by atoms with van der Waals surface area (Å²) < 4.78 is 0. The summed E-state index contributed by atoms with van der Waals surface area (Å²) in [4.78, 5) is 0. The van der Waals surface area contributed by atoms with Gasteiger partial charge in [0.05, 0.1) is 11.4 Å². The van der Waals surface area contributed by atoms with Crippen molar-refractivity contribution in [2.45, 2.75) is 26.8 Å². The third kappa shape index (κ3) is 1.48. The first-order valence-electron chi connectivity index (χ1n) is 4.78. The van der Waals surface area contributed by atoms with Gasteiger partial charge in [-0.25, -0.2) is 0 Å². The summed E-state index contributed by atoms with van der Waals surface area (Å²) in [5.41, 5.74) is 5.17. The van der Waals surface area contributed by atoms with E-state index in [2.05, 4.69) is 43.5 Å². The van der Waals surface area contributed by atoms with Crippen LogP contribution in [0.1, 0.15) is 18.1 Å². The first kappa shape index (κ1) is 8.42. The molecule has 1 aliphatic rings. The molecule has 0 unspecified atom stereocenters. The lowest BCUT2D eigenvalue weighted by Crippen LogP contribution is -2.30. The lowest BCUT2D eigenvalue weighted by molar-refractivity contribution is 0.817. The van der Waals surface area contributed by atoms with Crippen molar-refractivity contribution in [2.24, 2.45) is 0 Å². The second-order valence-corrected chi connectivity index (χ2v) is 3.91. The number of fused-ring (bicyclic) bond motifs is 1. The second-order valence-electron chi connectivity index (χ2n) is 3.91. The van der Waals surface area contributed by atoms with Crippen LogP contribution in [0.5, 0.6) is 0 Å². The minimum atomic E-state index is 0.523. The molecule has 0 aliphatic carbocycles. The number of hydrogen-bond acceptors (Lipinski definition) is 2.